The molecule has 5 heteroatoms. The number of anilines is 6. The van der Waals surface area contributed by atoms with Crippen LogP contribution >= 0.6 is 0 Å². The Hall–Kier alpha value is -10.9. The third-order valence-electron chi connectivity index (χ3n) is 27.1. The molecule has 19 rings (SSSR count). The van der Waals surface area contributed by atoms with Gasteiger partial charge in [-0.25, -0.2) is 0 Å². The molecule has 574 valence electrons. The predicted molar refractivity (Wildman–Crippen MR) is 495 cm³/mol. The van der Waals surface area contributed by atoms with Crippen LogP contribution in [0.25, 0.3) is 93.8 Å². The second-order valence-electron chi connectivity index (χ2n) is 39.3. The SMILES string of the molecule is CC(C)(C)C1=CCC(C2=CCCC(C3CC=C(C(C)(C)C)CC3)C2n2c3ccccc3c3c4c(ccc32)N(c2c(-c3ccccc3)cc(C(C)(C)C)cc2-c2ccccc2)c2cc(C(C)(C)C)cc3c2B4c2ccc(-n4c5ccccc5c5ccccc54)cc2N3c2c(-c3ccccc3)cc(C(C)(C)C)cc2-c2ccccc2)CC1. The molecule has 0 bridgehead atoms. The van der Waals surface area contributed by atoms with Crippen molar-refractivity contribution in [1.29, 1.82) is 0 Å². The van der Waals surface area contributed by atoms with Gasteiger partial charge in [0.05, 0.1) is 28.5 Å². The van der Waals surface area contributed by atoms with E-state index in [-0.39, 0.29) is 39.8 Å². The quantitative estimate of drug-likeness (QED) is 0.100. The van der Waals surface area contributed by atoms with Gasteiger partial charge in [-0.15, -0.1) is 0 Å². The van der Waals surface area contributed by atoms with E-state index in [9.17, 15) is 0 Å². The molecule has 2 aliphatic heterocycles. The molecule has 0 saturated heterocycles. The van der Waals surface area contributed by atoms with E-state index >= 15 is 0 Å². The van der Waals surface area contributed by atoms with Gasteiger partial charge in [-0.2, -0.15) is 0 Å². The number of benzene rings is 12. The Morgan fingerprint density at radius 1 is 0.339 bits per heavy atom. The lowest BCUT2D eigenvalue weighted by atomic mass is 9.32. The van der Waals surface area contributed by atoms with Crippen LogP contribution in [0, 0.1) is 28.6 Å². The molecule has 0 N–H and O–H groups in total. The fourth-order valence-electron chi connectivity index (χ4n) is 21.0. The largest absolute Gasteiger partial charge is 0.333 e. The van der Waals surface area contributed by atoms with Gasteiger partial charge in [0.25, 0.3) is 6.71 Å². The third-order valence-corrected chi connectivity index (χ3v) is 27.1. The van der Waals surface area contributed by atoms with Crippen molar-refractivity contribution in [3.05, 3.63) is 312 Å². The van der Waals surface area contributed by atoms with Crippen molar-refractivity contribution in [1.82, 2.24) is 9.13 Å². The van der Waals surface area contributed by atoms with Crippen LogP contribution in [0.2, 0.25) is 0 Å². The molecule has 0 radical (unpaired) electrons. The molecule has 0 fully saturated rings. The molecule has 3 aliphatic carbocycles. The predicted octanol–water partition coefficient (Wildman–Crippen LogP) is 29.0. The fourth-order valence-corrected chi connectivity index (χ4v) is 21.0. The summed E-state index contributed by atoms with van der Waals surface area (Å²) >= 11 is 0. The number of para-hydroxylation sites is 3. The van der Waals surface area contributed by atoms with Crippen LogP contribution in [-0.2, 0) is 16.2 Å². The van der Waals surface area contributed by atoms with Crippen molar-refractivity contribution < 1.29 is 0 Å². The Kier molecular flexibility index (Phi) is 18.1. The number of aromatic nitrogens is 2. The van der Waals surface area contributed by atoms with E-state index in [0.29, 0.717) is 17.8 Å². The number of nitrogens with zero attached hydrogens (tertiary/aromatic N) is 4. The van der Waals surface area contributed by atoms with Crippen LogP contribution in [0.3, 0.4) is 0 Å². The van der Waals surface area contributed by atoms with Crippen molar-refractivity contribution in [2.75, 3.05) is 9.80 Å². The zero-order valence-corrected chi connectivity index (χ0v) is 70.4. The lowest BCUT2D eigenvalue weighted by Gasteiger charge is -2.47. The van der Waals surface area contributed by atoms with Crippen LogP contribution in [-0.4, -0.2) is 15.8 Å². The highest BCUT2D eigenvalue weighted by molar-refractivity contribution is 7.02. The molecule has 2 aromatic heterocycles. The van der Waals surface area contributed by atoms with Crippen molar-refractivity contribution in [2.45, 2.75) is 178 Å². The highest BCUT2D eigenvalue weighted by Crippen LogP contribution is 2.59. The van der Waals surface area contributed by atoms with Crippen molar-refractivity contribution in [3.63, 3.8) is 0 Å². The Balaban J connectivity index is 1.000. The Labute approximate surface area is 684 Å². The summed E-state index contributed by atoms with van der Waals surface area (Å²) in [5.41, 5.74) is 35.1. The monoisotopic (exact) mass is 1500 g/mol. The van der Waals surface area contributed by atoms with E-state index in [1.165, 1.54) is 169 Å². The average molecular weight is 1500 g/mol. The highest BCUT2D eigenvalue weighted by Gasteiger charge is 2.49. The van der Waals surface area contributed by atoms with Crippen LogP contribution in [0.1, 0.15) is 178 Å². The Morgan fingerprint density at radius 2 is 0.774 bits per heavy atom. The van der Waals surface area contributed by atoms with Crippen LogP contribution in [0.15, 0.2) is 296 Å². The molecule has 4 heterocycles. The van der Waals surface area contributed by atoms with Gasteiger partial charge in [0.1, 0.15) is 0 Å². The van der Waals surface area contributed by atoms with Gasteiger partial charge in [0, 0.05) is 83.3 Å². The van der Waals surface area contributed by atoms with Gasteiger partial charge in [-0.1, -0.05) is 315 Å². The first kappa shape index (κ1) is 74.2. The van der Waals surface area contributed by atoms with Gasteiger partial charge in [-0.05, 0) is 236 Å². The van der Waals surface area contributed by atoms with Crippen LogP contribution in [0.4, 0.5) is 34.1 Å². The summed E-state index contributed by atoms with van der Waals surface area (Å²) in [6.45, 7) is 36.0. The zero-order chi connectivity index (χ0) is 79.4. The van der Waals surface area contributed by atoms with E-state index in [2.05, 4.69) is 402 Å². The molecule has 115 heavy (non-hydrogen) atoms. The van der Waals surface area contributed by atoms with Gasteiger partial charge in [-0.3, -0.25) is 0 Å². The second-order valence-corrected chi connectivity index (χ2v) is 39.3. The molecule has 5 aliphatic rings. The fraction of sp³-hybridized carbons (Fsp3) is 0.291. The number of hydrogen-bond acceptors (Lipinski definition) is 2. The summed E-state index contributed by atoms with van der Waals surface area (Å²) in [5.74, 6) is 1.43. The summed E-state index contributed by atoms with van der Waals surface area (Å²) in [5, 5.41) is 5.17. The molecule has 4 unspecified atom stereocenters. The third kappa shape index (κ3) is 12.7. The summed E-state index contributed by atoms with van der Waals surface area (Å²) in [7, 11) is 0. The lowest BCUT2D eigenvalue weighted by Crippen LogP contribution is -2.61. The summed E-state index contributed by atoms with van der Waals surface area (Å²) in [6, 6.07) is 102. The van der Waals surface area contributed by atoms with E-state index in [1.54, 1.807) is 16.7 Å². The first-order chi connectivity index (χ1) is 55.3. The maximum Gasteiger partial charge on any atom is 0.253 e. The first-order valence-corrected chi connectivity index (χ1v) is 42.9. The van der Waals surface area contributed by atoms with Gasteiger partial charge < -0.3 is 18.9 Å². The highest BCUT2D eigenvalue weighted by atomic mass is 15.2. The van der Waals surface area contributed by atoms with Crippen LogP contribution < -0.4 is 26.2 Å². The summed E-state index contributed by atoms with van der Waals surface area (Å²) < 4.78 is 5.54. The molecule has 4 nitrogen and oxygen atoms in total. The van der Waals surface area contributed by atoms with Crippen molar-refractivity contribution in [3.8, 4) is 50.2 Å². The number of hydrogen-bond donors (Lipinski definition) is 0. The van der Waals surface area contributed by atoms with Gasteiger partial charge >= 0.3 is 0 Å². The Bertz CT molecular complexity index is 6090. The van der Waals surface area contributed by atoms with Crippen molar-refractivity contribution >= 4 is 101 Å². The Morgan fingerprint density at radius 3 is 1.23 bits per heavy atom. The zero-order valence-electron chi connectivity index (χ0n) is 70.4. The molecule has 12 aromatic carbocycles. The number of rotatable bonds is 10. The van der Waals surface area contributed by atoms with E-state index in [0.717, 1.165) is 43.5 Å². The molecule has 0 amide bonds. The second kappa shape index (κ2) is 28.0. The number of allylic oxidation sites excluding steroid dienone is 6. The molecule has 0 spiro atoms. The molecule has 14 aromatic rings. The molecular formula is C110H111BN4. The van der Waals surface area contributed by atoms with Crippen molar-refractivity contribution in [2.24, 2.45) is 28.6 Å². The van der Waals surface area contributed by atoms with E-state index in [4.69, 9.17) is 0 Å². The smallest absolute Gasteiger partial charge is 0.253 e. The lowest BCUT2D eigenvalue weighted by molar-refractivity contribution is 0.200. The van der Waals surface area contributed by atoms with E-state index < -0.39 is 0 Å². The van der Waals surface area contributed by atoms with Crippen LogP contribution in [0.5, 0.6) is 0 Å². The van der Waals surface area contributed by atoms with Gasteiger partial charge in [0.2, 0.25) is 0 Å². The molecule has 4 atom stereocenters. The average Bonchev–Trinajstić information content (AvgIpc) is 1.66. The minimum Gasteiger partial charge on any atom is -0.333 e. The normalized spacial score (nSPS) is 18.0. The summed E-state index contributed by atoms with van der Waals surface area (Å²) in [6.07, 6.45) is 17.4. The minimum atomic E-state index is -0.324. The first-order valence-electron chi connectivity index (χ1n) is 42.9. The standard InChI is InChI=1S/C110H111BN4/c1-106(2,3)76-55-51-74(52-56-76)82-46-34-47-83(75-53-57-77(58-54-75)107(4,5)6)103(82)113-94-50-33-30-45-86(94)100-95(113)61-62-96-102(100)111-91-60-59-81(112-92-48-31-28-43-84(92)85-44-29-32-49-93(85)112)69-97(91)115(105-89(72-39-24-18-25-40-72)65-79(109(10,11)12)66-90(105)73-41-26-19-27-42-73)99-68-80(110(13,14)15)67-98(101(99)111)114(96)104-87(70-35-20-16-21-36-70)63-78(108(7,8)9)64-88(104)71-37-22-17-23-38-71/h16-33,35-46,48-50,55,57,59-69,74-75,83,103H,34,47,51-54,56,58H2,1-15H3. The van der Waals surface area contributed by atoms with E-state index in [1.807, 2.05) is 0 Å². The summed E-state index contributed by atoms with van der Waals surface area (Å²) in [4.78, 5) is 5.63. The molecular weight excluding hydrogens is 1390 g/mol. The maximum absolute atomic E-state index is 2.98. The number of fused-ring (bicyclic) bond motifs is 11. The molecule has 0 saturated carbocycles. The van der Waals surface area contributed by atoms with Gasteiger partial charge in [0.15, 0.2) is 0 Å². The topological polar surface area (TPSA) is 16.3 Å². The maximum atomic E-state index is 2.98. The minimum absolute atomic E-state index is 0.143.